The maximum absolute atomic E-state index is 11.5. The van der Waals surface area contributed by atoms with Crippen LogP contribution in [0.5, 0.6) is 0 Å². The van der Waals surface area contributed by atoms with Crippen LogP contribution in [-0.2, 0) is 9.53 Å². The highest BCUT2D eigenvalue weighted by atomic mass is 79.9. The van der Waals surface area contributed by atoms with Crippen LogP contribution in [0.25, 0.3) is 0 Å². The number of aryl methyl sites for hydroxylation is 1. The van der Waals surface area contributed by atoms with Crippen molar-refractivity contribution in [3.05, 3.63) is 35.4 Å². The summed E-state index contributed by atoms with van der Waals surface area (Å²) >= 11 is 6.84. The van der Waals surface area contributed by atoms with E-state index in [4.69, 9.17) is 4.74 Å². The van der Waals surface area contributed by atoms with E-state index in [0.717, 1.165) is 5.56 Å². The molecule has 0 N–H and O–H groups in total. The molecule has 2 nitrogen and oxygen atoms in total. The van der Waals surface area contributed by atoms with Gasteiger partial charge in [0, 0.05) is 0 Å². The topological polar surface area (TPSA) is 26.3 Å². The first-order valence-corrected chi connectivity index (χ1v) is 6.90. The van der Waals surface area contributed by atoms with Crippen molar-refractivity contribution in [2.24, 2.45) is 0 Å². The number of hydrogen-bond acceptors (Lipinski definition) is 2. The van der Waals surface area contributed by atoms with Crippen LogP contribution in [0.1, 0.15) is 22.9 Å². The number of rotatable bonds is 4. The summed E-state index contributed by atoms with van der Waals surface area (Å²) in [5.74, 6) is -0.245. The molecule has 0 bridgehead atoms. The van der Waals surface area contributed by atoms with E-state index in [9.17, 15) is 4.79 Å². The van der Waals surface area contributed by atoms with Crippen molar-refractivity contribution in [1.82, 2.24) is 0 Å². The second kappa shape index (κ2) is 6.40. The van der Waals surface area contributed by atoms with Crippen LogP contribution < -0.4 is 0 Å². The third-order valence-electron chi connectivity index (χ3n) is 2.16. The van der Waals surface area contributed by atoms with E-state index in [1.54, 1.807) is 6.92 Å². The Balaban J connectivity index is 2.73. The average molecular weight is 350 g/mol. The lowest BCUT2D eigenvalue weighted by Gasteiger charge is -2.15. The van der Waals surface area contributed by atoms with Crippen molar-refractivity contribution >= 4 is 37.8 Å². The number of esters is 1. The SMILES string of the molecule is CCOC(=O)C(Br)C(Br)c1ccc(C)cc1. The van der Waals surface area contributed by atoms with Gasteiger partial charge in [0.05, 0.1) is 11.4 Å². The highest BCUT2D eigenvalue weighted by Crippen LogP contribution is 2.32. The Morgan fingerprint density at radius 2 is 1.88 bits per heavy atom. The maximum atomic E-state index is 11.5. The Bertz CT molecular complexity index is 349. The quantitative estimate of drug-likeness (QED) is 0.611. The van der Waals surface area contributed by atoms with E-state index in [1.165, 1.54) is 5.56 Å². The van der Waals surface area contributed by atoms with E-state index >= 15 is 0 Å². The Kier molecular flexibility index (Phi) is 5.49. The van der Waals surface area contributed by atoms with Gasteiger partial charge in [-0.3, -0.25) is 4.79 Å². The summed E-state index contributed by atoms with van der Waals surface area (Å²) < 4.78 is 4.95. The van der Waals surface area contributed by atoms with Gasteiger partial charge >= 0.3 is 5.97 Å². The predicted octanol–water partition coefficient (Wildman–Crippen LogP) is 3.76. The van der Waals surface area contributed by atoms with Gasteiger partial charge in [0.1, 0.15) is 4.83 Å². The van der Waals surface area contributed by atoms with Gasteiger partial charge in [-0.15, -0.1) is 0 Å². The van der Waals surface area contributed by atoms with Crippen molar-refractivity contribution in [2.75, 3.05) is 6.61 Å². The molecular formula is C12H14Br2O2. The first-order chi connectivity index (χ1) is 7.56. The molecule has 4 heteroatoms. The van der Waals surface area contributed by atoms with Crippen LogP contribution in [0.2, 0.25) is 0 Å². The molecule has 1 aromatic carbocycles. The van der Waals surface area contributed by atoms with Gasteiger partial charge in [-0.1, -0.05) is 61.7 Å². The summed E-state index contributed by atoms with van der Waals surface area (Å²) in [7, 11) is 0. The number of carbonyl (C=O) groups excluding carboxylic acids is 1. The molecule has 0 aliphatic heterocycles. The largest absolute Gasteiger partial charge is 0.465 e. The molecule has 2 atom stereocenters. The summed E-state index contributed by atoms with van der Waals surface area (Å²) in [6.45, 7) is 4.23. The zero-order valence-electron chi connectivity index (χ0n) is 9.24. The lowest BCUT2D eigenvalue weighted by molar-refractivity contribution is -0.142. The molecule has 0 fully saturated rings. The molecule has 1 aromatic rings. The minimum Gasteiger partial charge on any atom is -0.465 e. The molecule has 0 saturated carbocycles. The molecular weight excluding hydrogens is 336 g/mol. The zero-order chi connectivity index (χ0) is 12.1. The predicted molar refractivity (Wildman–Crippen MR) is 72.2 cm³/mol. The minimum atomic E-state index is -0.366. The molecule has 0 aliphatic rings. The lowest BCUT2D eigenvalue weighted by atomic mass is 10.1. The molecule has 0 aromatic heterocycles. The van der Waals surface area contributed by atoms with Crippen LogP contribution >= 0.6 is 31.9 Å². The van der Waals surface area contributed by atoms with E-state index in [0.29, 0.717) is 6.61 Å². The third kappa shape index (κ3) is 3.59. The molecule has 0 saturated heterocycles. The lowest BCUT2D eigenvalue weighted by Crippen LogP contribution is -2.21. The average Bonchev–Trinajstić information content (AvgIpc) is 2.28. The van der Waals surface area contributed by atoms with Crippen LogP contribution in [0.15, 0.2) is 24.3 Å². The minimum absolute atomic E-state index is 0.0767. The number of halogens is 2. The van der Waals surface area contributed by atoms with E-state index in [-0.39, 0.29) is 15.6 Å². The number of ether oxygens (including phenoxy) is 1. The molecule has 16 heavy (non-hydrogen) atoms. The molecule has 0 heterocycles. The molecule has 1 rings (SSSR count). The van der Waals surface area contributed by atoms with Crippen LogP contribution in [0, 0.1) is 6.92 Å². The normalized spacial score (nSPS) is 14.2. The highest BCUT2D eigenvalue weighted by Gasteiger charge is 2.25. The summed E-state index contributed by atoms with van der Waals surface area (Å²) in [4.78, 5) is 11.1. The van der Waals surface area contributed by atoms with Crippen molar-refractivity contribution < 1.29 is 9.53 Å². The Labute approximate surface area is 113 Å². The van der Waals surface area contributed by atoms with Crippen LogP contribution in [0.3, 0.4) is 0 Å². The van der Waals surface area contributed by atoms with Crippen molar-refractivity contribution in [3.8, 4) is 0 Å². The molecule has 2 unspecified atom stereocenters. The second-order valence-corrected chi connectivity index (χ2v) is 5.44. The zero-order valence-corrected chi connectivity index (χ0v) is 12.4. The van der Waals surface area contributed by atoms with E-state index in [2.05, 4.69) is 31.9 Å². The molecule has 0 spiro atoms. The van der Waals surface area contributed by atoms with Gasteiger partial charge in [-0.25, -0.2) is 0 Å². The fraction of sp³-hybridized carbons (Fsp3) is 0.417. The molecule has 0 aliphatic carbocycles. The van der Waals surface area contributed by atoms with Crippen LogP contribution in [-0.4, -0.2) is 17.4 Å². The first kappa shape index (κ1) is 13.7. The standard InChI is InChI=1S/C12H14Br2O2/c1-3-16-12(15)11(14)10(13)9-6-4-8(2)5-7-9/h4-7,10-11H,3H2,1-2H3. The first-order valence-electron chi connectivity index (χ1n) is 5.07. The Morgan fingerprint density at radius 1 is 1.31 bits per heavy atom. The van der Waals surface area contributed by atoms with Gasteiger partial charge < -0.3 is 4.74 Å². The van der Waals surface area contributed by atoms with Gasteiger partial charge in [-0.2, -0.15) is 0 Å². The van der Waals surface area contributed by atoms with E-state index in [1.807, 2.05) is 31.2 Å². The number of alkyl halides is 2. The Hall–Kier alpha value is -0.350. The van der Waals surface area contributed by atoms with Gasteiger partial charge in [0.25, 0.3) is 0 Å². The maximum Gasteiger partial charge on any atom is 0.321 e. The van der Waals surface area contributed by atoms with Crippen LogP contribution in [0.4, 0.5) is 0 Å². The molecule has 88 valence electrons. The van der Waals surface area contributed by atoms with Crippen molar-refractivity contribution in [3.63, 3.8) is 0 Å². The monoisotopic (exact) mass is 348 g/mol. The van der Waals surface area contributed by atoms with Gasteiger partial charge in [0.15, 0.2) is 0 Å². The highest BCUT2D eigenvalue weighted by molar-refractivity contribution is 9.12. The van der Waals surface area contributed by atoms with Crippen molar-refractivity contribution in [2.45, 2.75) is 23.5 Å². The van der Waals surface area contributed by atoms with Gasteiger partial charge in [0.2, 0.25) is 0 Å². The van der Waals surface area contributed by atoms with E-state index < -0.39 is 0 Å². The number of carbonyl (C=O) groups is 1. The number of hydrogen-bond donors (Lipinski definition) is 0. The summed E-state index contributed by atoms with van der Waals surface area (Å²) in [5, 5.41) is 0. The fourth-order valence-electron chi connectivity index (χ4n) is 1.26. The number of benzene rings is 1. The summed E-state index contributed by atoms with van der Waals surface area (Å²) in [6.07, 6.45) is 0. The summed E-state index contributed by atoms with van der Waals surface area (Å²) in [6, 6.07) is 8.05. The Morgan fingerprint density at radius 3 is 2.38 bits per heavy atom. The fourth-order valence-corrected chi connectivity index (χ4v) is 2.22. The smallest absolute Gasteiger partial charge is 0.321 e. The second-order valence-electron chi connectivity index (χ2n) is 3.47. The summed E-state index contributed by atoms with van der Waals surface area (Å²) in [5.41, 5.74) is 2.26. The van der Waals surface area contributed by atoms with Crippen molar-refractivity contribution in [1.29, 1.82) is 0 Å². The molecule has 0 radical (unpaired) electrons. The third-order valence-corrected chi connectivity index (χ3v) is 4.83. The van der Waals surface area contributed by atoms with Gasteiger partial charge in [-0.05, 0) is 19.4 Å². The molecule has 0 amide bonds.